The Bertz CT molecular complexity index is 216. The van der Waals surface area contributed by atoms with Gasteiger partial charge in [-0.05, 0) is 10.8 Å². The summed E-state index contributed by atoms with van der Waals surface area (Å²) in [5.41, 5.74) is -0.184. The number of carbonyl (C=O) groups is 1. The fourth-order valence-electron chi connectivity index (χ4n) is 2.52. The number of hydrogen-bond acceptors (Lipinski definition) is 1. The van der Waals surface area contributed by atoms with Crippen LogP contribution in [-0.2, 0) is 4.79 Å². The van der Waals surface area contributed by atoms with Crippen LogP contribution < -0.4 is 0 Å². The van der Waals surface area contributed by atoms with Crippen LogP contribution in [0.25, 0.3) is 0 Å². The van der Waals surface area contributed by atoms with Crippen molar-refractivity contribution in [1.29, 1.82) is 0 Å². The molecule has 0 aliphatic rings. The quantitative estimate of drug-likeness (QED) is 0.633. The molecule has 0 rings (SSSR count). The average molecular weight is 212 g/mol. The molecule has 0 atom stereocenters. The maximum absolute atomic E-state index is 12.5. The number of Topliss-reactive ketones (excluding diaryl/α,β-unsaturated/α-hetero) is 1. The lowest BCUT2D eigenvalue weighted by molar-refractivity contribution is -0.138. The van der Waals surface area contributed by atoms with Crippen molar-refractivity contribution in [3.8, 4) is 0 Å². The molecule has 0 N–H and O–H groups in total. The highest BCUT2D eigenvalue weighted by molar-refractivity contribution is 5.87. The molecule has 0 aliphatic heterocycles. The van der Waals surface area contributed by atoms with Gasteiger partial charge in [-0.2, -0.15) is 0 Å². The van der Waals surface area contributed by atoms with E-state index in [0.717, 1.165) is 0 Å². The van der Waals surface area contributed by atoms with Gasteiger partial charge in [0.25, 0.3) is 0 Å². The summed E-state index contributed by atoms with van der Waals surface area (Å²) >= 11 is 0. The minimum atomic E-state index is -0.245. The zero-order chi connectivity index (χ0) is 12.7. The van der Waals surface area contributed by atoms with Crippen LogP contribution in [0.1, 0.15) is 62.3 Å². The van der Waals surface area contributed by atoms with E-state index in [1.54, 1.807) is 0 Å². The van der Waals surface area contributed by atoms with Gasteiger partial charge in [-0.3, -0.25) is 4.79 Å². The Labute approximate surface area is 95.6 Å². The molecule has 0 amide bonds. The molecular weight excluding hydrogens is 184 g/mol. The van der Waals surface area contributed by atoms with E-state index in [9.17, 15) is 4.79 Å². The fraction of sp³-hybridized carbons (Fsp3) is 0.929. The number of carbonyl (C=O) groups excluding carboxylic acids is 1. The molecule has 0 aromatic rings. The number of rotatable bonds is 1. The number of ketones is 1. The molecule has 0 spiro atoms. The van der Waals surface area contributed by atoms with Crippen LogP contribution in [0.5, 0.6) is 0 Å². The van der Waals surface area contributed by atoms with Gasteiger partial charge in [-0.25, -0.2) is 0 Å². The summed E-state index contributed by atoms with van der Waals surface area (Å²) in [6.45, 7) is 19.0. The average Bonchev–Trinajstić information content (AvgIpc) is 1.76. The molecule has 0 heterocycles. The predicted octanol–water partition coefficient (Wildman–Crippen LogP) is 4.31. The lowest BCUT2D eigenvalue weighted by atomic mass is 9.61. The first kappa shape index (κ1) is 14.7. The van der Waals surface area contributed by atoms with E-state index in [0.29, 0.717) is 5.78 Å². The van der Waals surface area contributed by atoms with E-state index in [4.69, 9.17) is 0 Å². The maximum atomic E-state index is 12.5. The summed E-state index contributed by atoms with van der Waals surface area (Å²) in [5.74, 6) is 0.479. The van der Waals surface area contributed by atoms with Crippen LogP contribution in [0.4, 0.5) is 0 Å². The normalized spacial score (nSPS) is 14.5. The largest absolute Gasteiger partial charge is 0.299 e. The Morgan fingerprint density at radius 3 is 1.07 bits per heavy atom. The second-order valence-electron chi connectivity index (χ2n) is 7.78. The van der Waals surface area contributed by atoms with Crippen molar-refractivity contribution < 1.29 is 4.79 Å². The van der Waals surface area contributed by atoms with E-state index >= 15 is 0 Å². The molecule has 0 unspecified atom stereocenters. The Kier molecular flexibility index (Phi) is 3.83. The van der Waals surface area contributed by atoms with E-state index in [1.165, 1.54) is 0 Å². The molecule has 1 nitrogen and oxygen atoms in total. The van der Waals surface area contributed by atoms with Gasteiger partial charge in [0.05, 0.1) is 0 Å². The second-order valence-corrected chi connectivity index (χ2v) is 7.78. The van der Waals surface area contributed by atoms with Gasteiger partial charge < -0.3 is 0 Å². The van der Waals surface area contributed by atoms with E-state index < -0.39 is 0 Å². The van der Waals surface area contributed by atoms with Gasteiger partial charge in [-0.15, -0.1) is 0 Å². The molecule has 0 radical (unpaired) electrons. The van der Waals surface area contributed by atoms with Gasteiger partial charge in [-0.1, -0.05) is 62.3 Å². The van der Waals surface area contributed by atoms with Crippen LogP contribution in [0.2, 0.25) is 0 Å². The molecule has 0 aromatic carbocycles. The maximum Gasteiger partial charge on any atom is 0.142 e. The van der Waals surface area contributed by atoms with Crippen molar-refractivity contribution in [3.63, 3.8) is 0 Å². The third-order valence-electron chi connectivity index (χ3n) is 2.73. The van der Waals surface area contributed by atoms with Crippen molar-refractivity contribution >= 4 is 5.78 Å². The van der Waals surface area contributed by atoms with Gasteiger partial charge in [0.15, 0.2) is 0 Å². The van der Waals surface area contributed by atoms with Gasteiger partial charge >= 0.3 is 0 Å². The summed E-state index contributed by atoms with van der Waals surface area (Å²) < 4.78 is 0. The predicted molar refractivity (Wildman–Crippen MR) is 66.9 cm³/mol. The Hall–Kier alpha value is -0.330. The van der Waals surface area contributed by atoms with Gasteiger partial charge in [0.1, 0.15) is 5.78 Å². The summed E-state index contributed by atoms with van der Waals surface area (Å²) in [6.07, 6.45) is 0. The standard InChI is InChI=1S/C14H28O/c1-12(2,3)10(13(4,5)6)11(15)14(7,8)9/h10H,1-9H3. The van der Waals surface area contributed by atoms with Crippen LogP contribution in [0.3, 0.4) is 0 Å². The van der Waals surface area contributed by atoms with Crippen molar-refractivity contribution in [2.75, 3.05) is 0 Å². The van der Waals surface area contributed by atoms with E-state index in [-0.39, 0.29) is 22.2 Å². The third-order valence-corrected chi connectivity index (χ3v) is 2.73. The first-order valence-corrected chi connectivity index (χ1v) is 5.82. The molecule has 0 aromatic heterocycles. The highest BCUT2D eigenvalue weighted by atomic mass is 16.1. The Balaban J connectivity index is 5.26. The van der Waals surface area contributed by atoms with E-state index in [2.05, 4.69) is 41.5 Å². The SMILES string of the molecule is CC(C)(C)C(=O)C(C(C)(C)C)C(C)(C)C. The second kappa shape index (κ2) is 3.92. The summed E-state index contributed by atoms with van der Waals surface area (Å²) in [4.78, 5) is 12.5. The van der Waals surface area contributed by atoms with Gasteiger partial charge in [0, 0.05) is 11.3 Å². The molecular formula is C14H28O. The molecule has 1 heteroatoms. The fourth-order valence-corrected chi connectivity index (χ4v) is 2.52. The lowest BCUT2D eigenvalue weighted by Crippen LogP contribution is -2.43. The lowest BCUT2D eigenvalue weighted by Gasteiger charge is -2.42. The molecule has 90 valence electrons. The highest BCUT2D eigenvalue weighted by Gasteiger charge is 2.43. The Morgan fingerprint density at radius 2 is 1.00 bits per heavy atom. The zero-order valence-corrected chi connectivity index (χ0v) is 12.0. The minimum Gasteiger partial charge on any atom is -0.299 e. The highest BCUT2D eigenvalue weighted by Crippen LogP contribution is 2.43. The first-order valence-electron chi connectivity index (χ1n) is 5.82. The summed E-state index contributed by atoms with van der Waals surface area (Å²) in [7, 11) is 0. The first-order chi connectivity index (χ1) is 6.28. The van der Waals surface area contributed by atoms with Crippen LogP contribution >= 0.6 is 0 Å². The topological polar surface area (TPSA) is 17.1 Å². The monoisotopic (exact) mass is 212 g/mol. The molecule has 0 aliphatic carbocycles. The third kappa shape index (κ3) is 3.96. The number of hydrogen-bond donors (Lipinski definition) is 0. The van der Waals surface area contributed by atoms with Crippen LogP contribution in [0, 0.1) is 22.2 Å². The molecule has 0 saturated heterocycles. The summed E-state index contributed by atoms with van der Waals surface area (Å²) in [5, 5.41) is 0. The van der Waals surface area contributed by atoms with Crippen molar-refractivity contribution in [1.82, 2.24) is 0 Å². The molecule has 0 bridgehead atoms. The molecule has 0 fully saturated rings. The van der Waals surface area contributed by atoms with E-state index in [1.807, 2.05) is 20.8 Å². The zero-order valence-electron chi connectivity index (χ0n) is 12.0. The van der Waals surface area contributed by atoms with Gasteiger partial charge in [0.2, 0.25) is 0 Å². The van der Waals surface area contributed by atoms with Crippen LogP contribution in [-0.4, -0.2) is 5.78 Å². The summed E-state index contributed by atoms with van der Waals surface area (Å²) in [6, 6.07) is 0. The smallest absolute Gasteiger partial charge is 0.142 e. The van der Waals surface area contributed by atoms with Crippen LogP contribution in [0.15, 0.2) is 0 Å². The van der Waals surface area contributed by atoms with Crippen molar-refractivity contribution in [2.24, 2.45) is 22.2 Å². The Morgan fingerprint density at radius 1 is 0.733 bits per heavy atom. The van der Waals surface area contributed by atoms with Crippen molar-refractivity contribution in [2.45, 2.75) is 62.3 Å². The molecule has 15 heavy (non-hydrogen) atoms. The van der Waals surface area contributed by atoms with Crippen molar-refractivity contribution in [3.05, 3.63) is 0 Å². The molecule has 0 saturated carbocycles. The minimum absolute atomic E-state index is 0.0304.